The highest BCUT2D eigenvalue weighted by atomic mass is 15.1. The zero-order chi connectivity index (χ0) is 7.98. The maximum Gasteiger partial charge on any atom is 0.0143 e. The van der Waals surface area contributed by atoms with E-state index in [2.05, 4.69) is 37.9 Å². The van der Waals surface area contributed by atoms with Crippen molar-refractivity contribution in [3.8, 4) is 0 Å². The van der Waals surface area contributed by atoms with E-state index in [9.17, 15) is 0 Å². The van der Waals surface area contributed by atoms with Gasteiger partial charge in [0.2, 0.25) is 0 Å². The van der Waals surface area contributed by atoms with Crippen LogP contribution in [0, 0.1) is 0 Å². The highest BCUT2D eigenvalue weighted by molar-refractivity contribution is 5.08. The molecule has 0 amide bonds. The van der Waals surface area contributed by atoms with E-state index in [1.807, 2.05) is 13.0 Å². The van der Waals surface area contributed by atoms with Crippen LogP contribution in [0.3, 0.4) is 0 Å². The minimum atomic E-state index is 1.07. The number of hydrogen-bond acceptors (Lipinski definition) is 1. The summed E-state index contributed by atoms with van der Waals surface area (Å²) in [6.45, 7) is 7.35. The fourth-order valence-corrected chi connectivity index (χ4v) is 0.612. The van der Waals surface area contributed by atoms with Gasteiger partial charge in [-0.2, -0.15) is 0 Å². The molecule has 1 nitrogen and oxygen atoms in total. The Kier molecular flexibility index (Phi) is 4.73. The van der Waals surface area contributed by atoms with E-state index in [4.69, 9.17) is 0 Å². The minimum Gasteiger partial charge on any atom is -0.378 e. The van der Waals surface area contributed by atoms with Gasteiger partial charge in [-0.15, -0.1) is 0 Å². The first kappa shape index (κ1) is 9.28. The van der Waals surface area contributed by atoms with Gasteiger partial charge >= 0.3 is 0 Å². The van der Waals surface area contributed by atoms with E-state index in [0.29, 0.717) is 0 Å². The van der Waals surface area contributed by atoms with E-state index < -0.39 is 0 Å². The maximum atomic E-state index is 2.21. The fourth-order valence-electron chi connectivity index (χ4n) is 0.612. The lowest BCUT2D eigenvalue weighted by Crippen LogP contribution is -2.14. The van der Waals surface area contributed by atoms with Crippen molar-refractivity contribution in [3.63, 3.8) is 0 Å². The summed E-state index contributed by atoms with van der Waals surface area (Å²) in [7, 11) is 2.09. The molecule has 0 saturated carbocycles. The Labute approximate surface area is 64.0 Å². The molecular weight excluding hydrogens is 122 g/mol. The minimum absolute atomic E-state index is 1.07. The SMILES string of the molecule is C/C=C\C=C(/C)N(C)CC. The van der Waals surface area contributed by atoms with Crippen molar-refractivity contribution in [2.75, 3.05) is 13.6 Å². The Balaban J connectivity index is 3.91. The van der Waals surface area contributed by atoms with Gasteiger partial charge in [-0.3, -0.25) is 0 Å². The highest BCUT2D eigenvalue weighted by Crippen LogP contribution is 1.98. The molecule has 58 valence electrons. The van der Waals surface area contributed by atoms with Crippen molar-refractivity contribution < 1.29 is 0 Å². The van der Waals surface area contributed by atoms with Crippen LogP contribution < -0.4 is 0 Å². The summed E-state index contributed by atoms with van der Waals surface area (Å²) in [5.74, 6) is 0. The molecule has 0 atom stereocenters. The molecule has 0 aromatic heterocycles. The van der Waals surface area contributed by atoms with Crippen molar-refractivity contribution in [2.24, 2.45) is 0 Å². The first-order chi connectivity index (χ1) is 4.72. The number of hydrogen-bond donors (Lipinski definition) is 0. The lowest BCUT2D eigenvalue weighted by Gasteiger charge is -2.16. The highest BCUT2D eigenvalue weighted by Gasteiger charge is 1.90. The molecular formula is C9H17N. The maximum absolute atomic E-state index is 2.21. The first-order valence-corrected chi connectivity index (χ1v) is 3.73. The molecule has 0 unspecified atom stereocenters. The molecule has 0 saturated heterocycles. The summed E-state index contributed by atoms with van der Waals surface area (Å²) < 4.78 is 0. The van der Waals surface area contributed by atoms with E-state index in [0.717, 1.165) is 6.54 Å². The lowest BCUT2D eigenvalue weighted by molar-refractivity contribution is 0.443. The average molecular weight is 139 g/mol. The number of rotatable bonds is 3. The van der Waals surface area contributed by atoms with Crippen LogP contribution in [0.2, 0.25) is 0 Å². The molecule has 0 radical (unpaired) electrons. The van der Waals surface area contributed by atoms with Crippen molar-refractivity contribution in [1.82, 2.24) is 4.90 Å². The summed E-state index contributed by atoms with van der Waals surface area (Å²) >= 11 is 0. The first-order valence-electron chi connectivity index (χ1n) is 3.73. The number of allylic oxidation sites excluding steroid dienone is 4. The molecule has 0 aliphatic rings. The molecule has 0 N–H and O–H groups in total. The monoisotopic (exact) mass is 139 g/mol. The smallest absolute Gasteiger partial charge is 0.0143 e. The van der Waals surface area contributed by atoms with Gasteiger partial charge in [0.15, 0.2) is 0 Å². The second-order valence-corrected chi connectivity index (χ2v) is 2.35. The zero-order valence-corrected chi connectivity index (χ0v) is 7.39. The largest absolute Gasteiger partial charge is 0.378 e. The second kappa shape index (κ2) is 5.10. The third-order valence-electron chi connectivity index (χ3n) is 1.61. The topological polar surface area (TPSA) is 3.24 Å². The Morgan fingerprint density at radius 2 is 2.10 bits per heavy atom. The fraction of sp³-hybridized carbons (Fsp3) is 0.556. The van der Waals surface area contributed by atoms with Crippen molar-refractivity contribution in [2.45, 2.75) is 20.8 Å². The van der Waals surface area contributed by atoms with Crippen LogP contribution >= 0.6 is 0 Å². The van der Waals surface area contributed by atoms with E-state index >= 15 is 0 Å². The molecule has 0 spiro atoms. The molecule has 0 aromatic carbocycles. The molecule has 1 heteroatoms. The predicted molar refractivity (Wildman–Crippen MR) is 46.9 cm³/mol. The lowest BCUT2D eigenvalue weighted by atomic mass is 10.3. The third-order valence-corrected chi connectivity index (χ3v) is 1.61. The van der Waals surface area contributed by atoms with Gasteiger partial charge in [0.05, 0.1) is 0 Å². The van der Waals surface area contributed by atoms with Crippen molar-refractivity contribution in [1.29, 1.82) is 0 Å². The Morgan fingerprint density at radius 1 is 1.50 bits per heavy atom. The van der Waals surface area contributed by atoms with Gasteiger partial charge in [-0.25, -0.2) is 0 Å². The number of nitrogens with zero attached hydrogens (tertiary/aromatic N) is 1. The molecule has 0 rings (SSSR count). The normalized spacial score (nSPS) is 12.6. The van der Waals surface area contributed by atoms with Crippen molar-refractivity contribution in [3.05, 3.63) is 23.9 Å². The summed E-state index contributed by atoms with van der Waals surface area (Å²) in [5, 5.41) is 0. The molecule has 0 bridgehead atoms. The summed E-state index contributed by atoms with van der Waals surface area (Å²) in [6, 6.07) is 0. The van der Waals surface area contributed by atoms with Gasteiger partial charge in [-0.1, -0.05) is 12.2 Å². The van der Waals surface area contributed by atoms with Crippen LogP contribution in [0.15, 0.2) is 23.9 Å². The molecule has 0 aliphatic heterocycles. The predicted octanol–water partition coefficient (Wildman–Crippen LogP) is 2.42. The molecule has 0 fully saturated rings. The van der Waals surface area contributed by atoms with E-state index in [1.165, 1.54) is 5.70 Å². The van der Waals surface area contributed by atoms with E-state index in [-0.39, 0.29) is 0 Å². The molecule has 0 heterocycles. The van der Waals surface area contributed by atoms with Crippen LogP contribution in [-0.4, -0.2) is 18.5 Å². The third kappa shape index (κ3) is 3.33. The molecule has 0 aliphatic carbocycles. The van der Waals surface area contributed by atoms with Gasteiger partial charge in [0, 0.05) is 19.3 Å². The van der Waals surface area contributed by atoms with Gasteiger partial charge in [-0.05, 0) is 26.8 Å². The molecule has 10 heavy (non-hydrogen) atoms. The summed E-state index contributed by atoms with van der Waals surface area (Å²) in [4.78, 5) is 2.21. The van der Waals surface area contributed by atoms with Gasteiger partial charge in [0.1, 0.15) is 0 Å². The Morgan fingerprint density at radius 3 is 2.50 bits per heavy atom. The van der Waals surface area contributed by atoms with Crippen LogP contribution in [-0.2, 0) is 0 Å². The van der Waals surface area contributed by atoms with Crippen LogP contribution in [0.4, 0.5) is 0 Å². The summed E-state index contributed by atoms with van der Waals surface area (Å²) in [5.41, 5.74) is 1.31. The zero-order valence-electron chi connectivity index (χ0n) is 7.39. The Hall–Kier alpha value is -0.720. The van der Waals surface area contributed by atoms with Crippen LogP contribution in [0.1, 0.15) is 20.8 Å². The Bertz CT molecular complexity index is 134. The van der Waals surface area contributed by atoms with Crippen LogP contribution in [0.25, 0.3) is 0 Å². The van der Waals surface area contributed by atoms with E-state index in [1.54, 1.807) is 0 Å². The standard InChI is InChI=1S/C9H17N/c1-5-7-8-9(3)10(4)6-2/h5,7-8H,6H2,1-4H3/b7-5-,9-8+. The van der Waals surface area contributed by atoms with Gasteiger partial charge in [0.25, 0.3) is 0 Å². The summed E-state index contributed by atoms with van der Waals surface area (Å²) in [6.07, 6.45) is 6.21. The van der Waals surface area contributed by atoms with Gasteiger partial charge < -0.3 is 4.90 Å². The van der Waals surface area contributed by atoms with Crippen molar-refractivity contribution >= 4 is 0 Å². The quantitative estimate of drug-likeness (QED) is 0.543. The van der Waals surface area contributed by atoms with Crippen LogP contribution in [0.5, 0.6) is 0 Å². The average Bonchev–Trinajstić information content (AvgIpc) is 1.98. The second-order valence-electron chi connectivity index (χ2n) is 2.35. The molecule has 0 aromatic rings.